The number of thiazole rings is 1. The van der Waals surface area contributed by atoms with Crippen LogP contribution in [-0.4, -0.2) is 66.7 Å². The summed E-state index contributed by atoms with van der Waals surface area (Å²) in [4.78, 5) is 17.2. The average Bonchev–Trinajstić information content (AvgIpc) is 3.20. The number of nitrogens with zero attached hydrogens (tertiary/aromatic N) is 2. The summed E-state index contributed by atoms with van der Waals surface area (Å²) in [5.41, 5.74) is 3.35. The number of carbonyl (C=O) groups is 1. The summed E-state index contributed by atoms with van der Waals surface area (Å²) in [5.74, 6) is -2.13. The normalized spacial score (nSPS) is 25.7. The molecule has 2 aliphatic rings. The summed E-state index contributed by atoms with van der Waals surface area (Å²) in [7, 11) is 0. The molecule has 0 spiro atoms. The third kappa shape index (κ3) is 5.15. The molecule has 2 saturated heterocycles. The summed E-state index contributed by atoms with van der Waals surface area (Å²) in [6.45, 7) is 10.8. The van der Waals surface area contributed by atoms with E-state index in [1.165, 1.54) is 10.6 Å². The Kier molecular flexibility index (Phi) is 7.00. The molecule has 148 valence electrons. The predicted octanol–water partition coefficient (Wildman–Crippen LogP) is 2.57. The number of rotatable bonds is 5. The molecule has 6 nitrogen and oxygen atoms in total. The molecular weight excluding hydrogens is 373 g/mol. The van der Waals surface area contributed by atoms with E-state index < -0.39 is 12.1 Å². The van der Waals surface area contributed by atoms with Gasteiger partial charge < -0.3 is 14.6 Å². The van der Waals surface area contributed by atoms with Gasteiger partial charge in [0.15, 0.2) is 0 Å². The molecule has 2 aliphatic heterocycles. The Bertz CT molecular complexity index is 611. The van der Waals surface area contributed by atoms with Crippen molar-refractivity contribution in [2.45, 2.75) is 26.6 Å². The summed E-state index contributed by atoms with van der Waals surface area (Å²) in [6.07, 6.45) is -5.08. The van der Waals surface area contributed by atoms with Gasteiger partial charge in [-0.2, -0.15) is 13.2 Å². The number of ether oxygens (including phenoxy) is 2. The van der Waals surface area contributed by atoms with Crippen LogP contribution in [0.4, 0.5) is 13.2 Å². The lowest BCUT2D eigenvalue weighted by atomic mass is 9.82. The summed E-state index contributed by atoms with van der Waals surface area (Å²) in [6, 6.07) is 0. The molecule has 10 heteroatoms. The number of aryl methyl sites for hydroxylation is 1. The second kappa shape index (κ2) is 8.64. The number of aromatic nitrogens is 1. The number of carboxylic acid groups (broad SMARTS) is 1. The highest BCUT2D eigenvalue weighted by Gasteiger charge is 2.50. The van der Waals surface area contributed by atoms with E-state index in [-0.39, 0.29) is 5.41 Å². The molecule has 2 fully saturated rings. The SMILES string of the molecule is CCOC[C@]12COC[C@H]1CN(Cc1scnc1C)C2.O=C(O)C(F)(F)F. The Morgan fingerprint density at radius 1 is 1.58 bits per heavy atom. The van der Waals surface area contributed by atoms with Crippen LogP contribution >= 0.6 is 11.3 Å². The smallest absolute Gasteiger partial charge is 0.475 e. The van der Waals surface area contributed by atoms with E-state index in [9.17, 15) is 13.2 Å². The quantitative estimate of drug-likeness (QED) is 0.825. The molecule has 1 aromatic heterocycles. The number of alkyl halides is 3. The number of hydrogen-bond acceptors (Lipinski definition) is 6. The van der Waals surface area contributed by atoms with Gasteiger partial charge in [-0.3, -0.25) is 4.90 Å². The molecule has 0 radical (unpaired) electrons. The van der Waals surface area contributed by atoms with Crippen molar-refractivity contribution in [3.63, 3.8) is 0 Å². The van der Waals surface area contributed by atoms with E-state index in [1.807, 2.05) is 5.51 Å². The second-order valence-electron chi connectivity index (χ2n) is 6.55. The molecule has 26 heavy (non-hydrogen) atoms. The van der Waals surface area contributed by atoms with Crippen molar-refractivity contribution in [1.82, 2.24) is 9.88 Å². The van der Waals surface area contributed by atoms with Crippen LogP contribution in [-0.2, 0) is 20.8 Å². The largest absolute Gasteiger partial charge is 0.490 e. The lowest BCUT2D eigenvalue weighted by Gasteiger charge is -2.26. The van der Waals surface area contributed by atoms with Crippen LogP contribution in [0.5, 0.6) is 0 Å². The molecular formula is C16H23F3N2O4S. The molecule has 0 saturated carbocycles. The zero-order chi connectivity index (χ0) is 19.4. The molecule has 0 aliphatic carbocycles. The maximum Gasteiger partial charge on any atom is 0.490 e. The standard InChI is InChI=1S/C14H22N2O2S.C2HF3O2/c1-3-17-8-14-7-16(4-12(14)6-18-9-14)5-13-11(2)15-10-19-13;3-2(4,5)1(6)7/h10,12H,3-9H2,1-2H3;(H,6,7)/t12-,14-;/m1./s1. The zero-order valence-electron chi connectivity index (χ0n) is 14.7. The molecule has 0 aromatic carbocycles. The van der Waals surface area contributed by atoms with Gasteiger partial charge in [-0.1, -0.05) is 0 Å². The third-order valence-corrected chi connectivity index (χ3v) is 5.56. The number of halogens is 3. The topological polar surface area (TPSA) is 71.9 Å². The first-order valence-corrected chi connectivity index (χ1v) is 9.13. The maximum atomic E-state index is 10.6. The van der Waals surface area contributed by atoms with Crippen molar-refractivity contribution in [2.24, 2.45) is 11.3 Å². The maximum absolute atomic E-state index is 10.6. The van der Waals surface area contributed by atoms with Crippen molar-refractivity contribution in [2.75, 3.05) is 39.5 Å². The summed E-state index contributed by atoms with van der Waals surface area (Å²) >= 11 is 1.77. The molecule has 2 atom stereocenters. The highest BCUT2D eigenvalue weighted by molar-refractivity contribution is 7.09. The van der Waals surface area contributed by atoms with Crippen molar-refractivity contribution in [1.29, 1.82) is 0 Å². The van der Waals surface area contributed by atoms with Crippen LogP contribution in [0.15, 0.2) is 5.51 Å². The Hall–Kier alpha value is -1.23. The van der Waals surface area contributed by atoms with Crippen LogP contribution in [0, 0.1) is 18.3 Å². The van der Waals surface area contributed by atoms with Crippen molar-refractivity contribution < 1.29 is 32.5 Å². The highest BCUT2D eigenvalue weighted by atomic mass is 32.1. The van der Waals surface area contributed by atoms with Gasteiger partial charge in [-0.25, -0.2) is 9.78 Å². The van der Waals surface area contributed by atoms with Gasteiger partial charge in [0.25, 0.3) is 0 Å². The van der Waals surface area contributed by atoms with E-state index in [0.29, 0.717) is 5.92 Å². The monoisotopic (exact) mass is 396 g/mol. The minimum atomic E-state index is -5.08. The lowest BCUT2D eigenvalue weighted by molar-refractivity contribution is -0.192. The van der Waals surface area contributed by atoms with Gasteiger partial charge in [0, 0.05) is 42.5 Å². The van der Waals surface area contributed by atoms with E-state index in [4.69, 9.17) is 19.4 Å². The fourth-order valence-electron chi connectivity index (χ4n) is 3.25. The first-order chi connectivity index (χ1) is 12.2. The second-order valence-corrected chi connectivity index (χ2v) is 7.48. The van der Waals surface area contributed by atoms with Crippen molar-refractivity contribution in [3.05, 3.63) is 16.1 Å². The van der Waals surface area contributed by atoms with Gasteiger partial charge in [0.05, 0.1) is 31.0 Å². The fourth-order valence-corrected chi connectivity index (χ4v) is 4.07. The van der Waals surface area contributed by atoms with Gasteiger partial charge in [-0.05, 0) is 13.8 Å². The Labute approximate surface area is 153 Å². The molecule has 0 amide bonds. The van der Waals surface area contributed by atoms with Gasteiger partial charge in [-0.15, -0.1) is 11.3 Å². The van der Waals surface area contributed by atoms with Crippen LogP contribution < -0.4 is 0 Å². The number of carboxylic acids is 1. The van der Waals surface area contributed by atoms with Gasteiger partial charge in [0.2, 0.25) is 0 Å². The Morgan fingerprint density at radius 2 is 2.27 bits per heavy atom. The highest BCUT2D eigenvalue weighted by Crippen LogP contribution is 2.42. The minimum Gasteiger partial charge on any atom is -0.475 e. The van der Waals surface area contributed by atoms with E-state index in [1.54, 1.807) is 11.3 Å². The fraction of sp³-hybridized carbons (Fsp3) is 0.750. The molecule has 3 heterocycles. The van der Waals surface area contributed by atoms with Gasteiger partial charge in [0.1, 0.15) is 0 Å². The number of likely N-dealkylation sites (tertiary alicyclic amines) is 1. The van der Waals surface area contributed by atoms with Crippen LogP contribution in [0.1, 0.15) is 17.5 Å². The summed E-state index contributed by atoms with van der Waals surface area (Å²) in [5, 5.41) is 7.12. The predicted molar refractivity (Wildman–Crippen MR) is 89.1 cm³/mol. The lowest BCUT2D eigenvalue weighted by Crippen LogP contribution is -2.35. The number of hydrogen-bond donors (Lipinski definition) is 1. The Morgan fingerprint density at radius 3 is 2.81 bits per heavy atom. The minimum absolute atomic E-state index is 0.231. The third-order valence-electron chi connectivity index (χ3n) is 4.64. The van der Waals surface area contributed by atoms with E-state index >= 15 is 0 Å². The molecule has 0 unspecified atom stereocenters. The van der Waals surface area contributed by atoms with E-state index in [0.717, 1.165) is 46.1 Å². The van der Waals surface area contributed by atoms with Crippen molar-refractivity contribution >= 4 is 17.3 Å². The first-order valence-electron chi connectivity index (χ1n) is 8.25. The van der Waals surface area contributed by atoms with Crippen LogP contribution in [0.25, 0.3) is 0 Å². The van der Waals surface area contributed by atoms with Gasteiger partial charge >= 0.3 is 12.1 Å². The van der Waals surface area contributed by atoms with Crippen LogP contribution in [0.3, 0.4) is 0 Å². The van der Waals surface area contributed by atoms with Crippen LogP contribution in [0.2, 0.25) is 0 Å². The molecule has 1 aromatic rings. The molecule has 1 N–H and O–H groups in total. The molecule has 0 bridgehead atoms. The zero-order valence-corrected chi connectivity index (χ0v) is 15.5. The molecule has 3 rings (SSSR count). The number of fused-ring (bicyclic) bond motifs is 1. The summed E-state index contributed by atoms with van der Waals surface area (Å²) < 4.78 is 43.2. The average molecular weight is 396 g/mol. The number of aliphatic carboxylic acids is 1. The van der Waals surface area contributed by atoms with E-state index in [2.05, 4.69) is 23.7 Å². The first kappa shape index (κ1) is 21.1. The van der Waals surface area contributed by atoms with Crippen molar-refractivity contribution in [3.8, 4) is 0 Å². The Balaban J connectivity index is 0.000000298.